The highest BCUT2D eigenvalue weighted by atomic mass is 19.1. The Bertz CT molecular complexity index is 1170. The van der Waals surface area contributed by atoms with Crippen LogP contribution in [-0.2, 0) is 0 Å². The third-order valence-corrected chi connectivity index (χ3v) is 4.52. The van der Waals surface area contributed by atoms with Crippen molar-refractivity contribution in [1.82, 2.24) is 9.97 Å². The van der Waals surface area contributed by atoms with Crippen LogP contribution in [0.4, 0.5) is 14.7 Å². The molecule has 6 heteroatoms. The summed E-state index contributed by atoms with van der Waals surface area (Å²) in [7, 11) is 0. The Morgan fingerprint density at radius 2 is 1.27 bits per heavy atom. The topological polar surface area (TPSA) is 50.2 Å². The van der Waals surface area contributed by atoms with E-state index >= 15 is 0 Å². The molecule has 0 saturated carbocycles. The minimum absolute atomic E-state index is 0.303. The number of halogens is 2. The smallest absolute Gasteiger partial charge is 0.244 e. The molecule has 4 nitrogen and oxygen atoms in total. The Labute approximate surface area is 173 Å². The number of rotatable bonds is 5. The maximum atomic E-state index is 13.3. The Morgan fingerprint density at radius 3 is 1.87 bits per heavy atom. The third-order valence-electron chi connectivity index (χ3n) is 4.52. The molecule has 30 heavy (non-hydrogen) atoms. The van der Waals surface area contributed by atoms with E-state index in [1.165, 1.54) is 24.3 Å². The molecule has 0 saturated heterocycles. The van der Waals surface area contributed by atoms with Crippen molar-refractivity contribution in [3.05, 3.63) is 102 Å². The van der Waals surface area contributed by atoms with Crippen LogP contribution in [0.3, 0.4) is 0 Å². The third kappa shape index (κ3) is 4.55. The van der Waals surface area contributed by atoms with Crippen molar-refractivity contribution < 1.29 is 8.78 Å². The van der Waals surface area contributed by atoms with Crippen molar-refractivity contribution in [3.63, 3.8) is 0 Å². The molecule has 0 aliphatic heterocycles. The lowest BCUT2D eigenvalue weighted by molar-refractivity contribution is 0.627. The summed E-state index contributed by atoms with van der Waals surface area (Å²) in [6.45, 7) is 1.81. The van der Waals surface area contributed by atoms with E-state index < -0.39 is 0 Å². The summed E-state index contributed by atoms with van der Waals surface area (Å²) in [4.78, 5) is 9.09. The number of hydrogen-bond acceptors (Lipinski definition) is 4. The van der Waals surface area contributed by atoms with Crippen LogP contribution >= 0.6 is 0 Å². The number of aromatic nitrogens is 2. The molecule has 0 fully saturated rings. The van der Waals surface area contributed by atoms with Gasteiger partial charge in [0.1, 0.15) is 11.6 Å². The summed E-state index contributed by atoms with van der Waals surface area (Å²) in [5.41, 5.74) is 7.36. The first kappa shape index (κ1) is 19.4. The molecular formula is C24H18F2N4. The molecule has 3 aromatic carbocycles. The lowest BCUT2D eigenvalue weighted by Crippen LogP contribution is -2.04. The fraction of sp³-hybridized carbons (Fsp3) is 0.0417. The number of nitrogens with zero attached hydrogens (tertiary/aromatic N) is 3. The predicted molar refractivity (Wildman–Crippen MR) is 115 cm³/mol. The molecule has 1 heterocycles. The predicted octanol–water partition coefficient (Wildman–Crippen LogP) is 5.92. The van der Waals surface area contributed by atoms with E-state index in [-0.39, 0.29) is 11.6 Å². The van der Waals surface area contributed by atoms with Gasteiger partial charge in [-0.1, -0.05) is 42.5 Å². The molecule has 0 spiro atoms. The van der Waals surface area contributed by atoms with Crippen LogP contribution in [0.5, 0.6) is 0 Å². The molecule has 1 N–H and O–H groups in total. The molecule has 0 atom stereocenters. The van der Waals surface area contributed by atoms with Gasteiger partial charge in [-0.15, -0.1) is 0 Å². The van der Waals surface area contributed by atoms with Gasteiger partial charge < -0.3 is 0 Å². The van der Waals surface area contributed by atoms with Gasteiger partial charge >= 0.3 is 0 Å². The monoisotopic (exact) mass is 400 g/mol. The van der Waals surface area contributed by atoms with E-state index in [4.69, 9.17) is 0 Å². The number of hydrogen-bond donors (Lipinski definition) is 1. The first-order valence-corrected chi connectivity index (χ1v) is 9.35. The molecule has 0 aliphatic rings. The highest BCUT2D eigenvalue weighted by Gasteiger charge is 2.09. The number of nitrogens with one attached hydrogen (secondary N) is 1. The van der Waals surface area contributed by atoms with Gasteiger partial charge in [0.2, 0.25) is 5.95 Å². The SMILES string of the molecule is CC(=NNc1nc(-c2ccccc2)cc(-c2ccc(F)cc2)n1)c1ccc(F)cc1. The van der Waals surface area contributed by atoms with Gasteiger partial charge in [-0.05, 0) is 55.0 Å². The molecule has 0 unspecified atom stereocenters. The van der Waals surface area contributed by atoms with E-state index in [1.54, 1.807) is 24.3 Å². The fourth-order valence-corrected chi connectivity index (χ4v) is 2.91. The Morgan fingerprint density at radius 1 is 0.733 bits per heavy atom. The molecular weight excluding hydrogens is 382 g/mol. The van der Waals surface area contributed by atoms with Crippen LogP contribution in [0.25, 0.3) is 22.5 Å². The van der Waals surface area contributed by atoms with Crippen molar-refractivity contribution in [2.45, 2.75) is 6.92 Å². The first-order chi connectivity index (χ1) is 14.6. The largest absolute Gasteiger partial charge is 0.245 e. The quantitative estimate of drug-likeness (QED) is 0.334. The minimum atomic E-state index is -0.311. The Kier molecular flexibility index (Phi) is 5.57. The molecule has 0 aliphatic carbocycles. The fourth-order valence-electron chi connectivity index (χ4n) is 2.91. The van der Waals surface area contributed by atoms with Crippen LogP contribution in [-0.4, -0.2) is 15.7 Å². The molecule has 0 amide bonds. The van der Waals surface area contributed by atoms with Gasteiger partial charge in [0.15, 0.2) is 0 Å². The second-order valence-electron chi connectivity index (χ2n) is 6.65. The average molecular weight is 400 g/mol. The normalized spacial score (nSPS) is 11.4. The average Bonchev–Trinajstić information content (AvgIpc) is 2.79. The van der Waals surface area contributed by atoms with Gasteiger partial charge in [-0.3, -0.25) is 0 Å². The summed E-state index contributed by atoms with van der Waals surface area (Å²) in [6.07, 6.45) is 0. The zero-order chi connectivity index (χ0) is 20.9. The van der Waals surface area contributed by atoms with E-state index in [0.29, 0.717) is 23.0 Å². The second-order valence-corrected chi connectivity index (χ2v) is 6.65. The van der Waals surface area contributed by atoms with Crippen molar-refractivity contribution in [2.24, 2.45) is 5.10 Å². The maximum absolute atomic E-state index is 13.3. The summed E-state index contributed by atoms with van der Waals surface area (Å²) >= 11 is 0. The molecule has 4 rings (SSSR count). The molecule has 4 aromatic rings. The van der Waals surface area contributed by atoms with Crippen molar-refractivity contribution >= 4 is 11.7 Å². The molecule has 148 valence electrons. The highest BCUT2D eigenvalue weighted by molar-refractivity contribution is 5.99. The molecule has 0 bridgehead atoms. The van der Waals surface area contributed by atoms with Gasteiger partial charge in [0, 0.05) is 11.1 Å². The van der Waals surface area contributed by atoms with E-state index in [0.717, 1.165) is 16.7 Å². The number of benzene rings is 3. The van der Waals surface area contributed by atoms with E-state index in [1.807, 2.05) is 43.3 Å². The standard InChI is InChI=1S/C24H18F2N4/c1-16(17-7-11-20(25)12-8-17)29-30-24-27-22(18-5-3-2-4-6-18)15-23(28-24)19-9-13-21(26)14-10-19/h2-15H,1H3,(H,27,28,30). The van der Waals surface area contributed by atoms with Crippen molar-refractivity contribution in [2.75, 3.05) is 5.43 Å². The number of hydrazone groups is 1. The molecule has 0 radical (unpaired) electrons. The summed E-state index contributed by atoms with van der Waals surface area (Å²) < 4.78 is 26.5. The summed E-state index contributed by atoms with van der Waals surface area (Å²) in [6, 6.07) is 23.7. The van der Waals surface area contributed by atoms with Gasteiger partial charge in [0.25, 0.3) is 0 Å². The van der Waals surface area contributed by atoms with Gasteiger partial charge in [-0.25, -0.2) is 24.2 Å². The van der Waals surface area contributed by atoms with Crippen LogP contribution in [0.1, 0.15) is 12.5 Å². The highest BCUT2D eigenvalue weighted by Crippen LogP contribution is 2.25. The van der Waals surface area contributed by atoms with Gasteiger partial charge in [-0.2, -0.15) is 5.10 Å². The van der Waals surface area contributed by atoms with E-state index in [9.17, 15) is 8.78 Å². The number of anilines is 1. The van der Waals surface area contributed by atoms with Crippen LogP contribution in [0.15, 0.2) is 90.0 Å². The van der Waals surface area contributed by atoms with Crippen LogP contribution in [0.2, 0.25) is 0 Å². The van der Waals surface area contributed by atoms with Crippen LogP contribution < -0.4 is 5.43 Å². The zero-order valence-corrected chi connectivity index (χ0v) is 16.2. The first-order valence-electron chi connectivity index (χ1n) is 9.35. The van der Waals surface area contributed by atoms with E-state index in [2.05, 4.69) is 20.5 Å². The van der Waals surface area contributed by atoms with Crippen molar-refractivity contribution in [1.29, 1.82) is 0 Å². The Balaban J connectivity index is 1.71. The lowest BCUT2D eigenvalue weighted by atomic mass is 10.1. The minimum Gasteiger partial charge on any atom is -0.245 e. The summed E-state index contributed by atoms with van der Waals surface area (Å²) in [5, 5.41) is 4.34. The summed E-state index contributed by atoms with van der Waals surface area (Å²) in [5.74, 6) is -0.312. The zero-order valence-electron chi connectivity index (χ0n) is 16.2. The molecule has 1 aromatic heterocycles. The Hall–Kier alpha value is -3.93. The maximum Gasteiger partial charge on any atom is 0.244 e. The van der Waals surface area contributed by atoms with Crippen LogP contribution in [0, 0.1) is 11.6 Å². The van der Waals surface area contributed by atoms with Crippen molar-refractivity contribution in [3.8, 4) is 22.5 Å². The van der Waals surface area contributed by atoms with Gasteiger partial charge in [0.05, 0.1) is 17.1 Å². The lowest BCUT2D eigenvalue weighted by Gasteiger charge is -2.09. The second kappa shape index (κ2) is 8.61.